The second kappa shape index (κ2) is 7.92. The van der Waals surface area contributed by atoms with Crippen LogP contribution in [0.25, 0.3) is 16.3 Å². The average molecular weight is 379 g/mol. The summed E-state index contributed by atoms with van der Waals surface area (Å²) >= 11 is 0. The fraction of sp³-hybridized carbons (Fsp3) is 0.148. The highest BCUT2D eigenvalue weighted by Gasteiger charge is 2.15. The molecule has 29 heavy (non-hydrogen) atoms. The lowest BCUT2D eigenvalue weighted by Crippen LogP contribution is -2.08. The van der Waals surface area contributed by atoms with Crippen molar-refractivity contribution in [2.45, 2.75) is 6.92 Å². The summed E-state index contributed by atoms with van der Waals surface area (Å²) in [5.74, 6) is 0. The largest absolute Gasteiger partial charge is 0.378 e. The monoisotopic (exact) mass is 378 g/mol. The summed E-state index contributed by atoms with van der Waals surface area (Å²) in [7, 11) is 5.97. The summed E-state index contributed by atoms with van der Waals surface area (Å²) in [5, 5.41) is 2.58. The highest BCUT2D eigenvalue weighted by atomic mass is 15.1. The molecule has 0 spiro atoms. The second-order valence-electron chi connectivity index (χ2n) is 7.56. The molecule has 0 saturated heterocycles. The van der Waals surface area contributed by atoms with Gasteiger partial charge in [0.05, 0.1) is 5.71 Å². The number of allylic oxidation sites excluding steroid dienone is 5. The van der Waals surface area contributed by atoms with E-state index in [9.17, 15) is 0 Å². The molecular weight excluding hydrogens is 352 g/mol. The van der Waals surface area contributed by atoms with Crippen molar-refractivity contribution in [1.82, 2.24) is 0 Å². The molecule has 3 aromatic carbocycles. The predicted octanol–water partition coefficient (Wildman–Crippen LogP) is 6.21. The molecule has 4 rings (SSSR count). The van der Waals surface area contributed by atoms with Gasteiger partial charge in [0.15, 0.2) is 0 Å². The molecular formula is C27H26N2. The second-order valence-corrected chi connectivity index (χ2v) is 7.56. The normalized spacial score (nSPS) is 13.1. The highest BCUT2D eigenvalue weighted by molar-refractivity contribution is 6.08. The summed E-state index contributed by atoms with van der Waals surface area (Å²) in [6.45, 7) is 2.18. The quantitative estimate of drug-likeness (QED) is 0.529. The lowest BCUT2D eigenvalue weighted by atomic mass is 9.87. The maximum absolute atomic E-state index is 4.29. The van der Waals surface area contributed by atoms with Crippen molar-refractivity contribution in [3.8, 4) is 0 Å². The van der Waals surface area contributed by atoms with Gasteiger partial charge in [-0.05, 0) is 69.8 Å². The molecule has 0 bridgehead atoms. The van der Waals surface area contributed by atoms with Gasteiger partial charge in [-0.25, -0.2) is 0 Å². The Bertz CT molecular complexity index is 1150. The number of aryl methyl sites for hydroxylation is 1. The number of rotatable bonds is 3. The predicted molar refractivity (Wildman–Crippen MR) is 127 cm³/mol. The Balaban J connectivity index is 1.98. The van der Waals surface area contributed by atoms with Crippen molar-refractivity contribution < 1.29 is 0 Å². The van der Waals surface area contributed by atoms with Gasteiger partial charge in [0.25, 0.3) is 0 Å². The third kappa shape index (κ3) is 3.66. The van der Waals surface area contributed by atoms with E-state index >= 15 is 0 Å². The van der Waals surface area contributed by atoms with Gasteiger partial charge in [-0.2, -0.15) is 0 Å². The van der Waals surface area contributed by atoms with Crippen LogP contribution < -0.4 is 4.90 Å². The van der Waals surface area contributed by atoms with Gasteiger partial charge in [-0.15, -0.1) is 0 Å². The Kier molecular flexibility index (Phi) is 5.18. The van der Waals surface area contributed by atoms with Crippen molar-refractivity contribution in [2.75, 3.05) is 26.0 Å². The Hall–Kier alpha value is -3.39. The van der Waals surface area contributed by atoms with Crippen LogP contribution in [0, 0.1) is 6.92 Å². The first-order valence-electron chi connectivity index (χ1n) is 9.92. The van der Waals surface area contributed by atoms with Gasteiger partial charge in [-0.1, -0.05) is 60.7 Å². The van der Waals surface area contributed by atoms with Crippen LogP contribution in [0.1, 0.15) is 16.7 Å². The summed E-state index contributed by atoms with van der Waals surface area (Å²) in [6, 6.07) is 21.9. The van der Waals surface area contributed by atoms with E-state index in [1.807, 2.05) is 7.05 Å². The molecule has 0 saturated carbocycles. The van der Waals surface area contributed by atoms with E-state index in [0.29, 0.717) is 0 Å². The number of fused-ring (bicyclic) bond motifs is 1. The van der Waals surface area contributed by atoms with E-state index in [4.69, 9.17) is 0 Å². The molecule has 144 valence electrons. The van der Waals surface area contributed by atoms with Gasteiger partial charge in [-0.3, -0.25) is 4.99 Å². The Morgan fingerprint density at radius 2 is 1.41 bits per heavy atom. The molecule has 0 N–H and O–H groups in total. The Morgan fingerprint density at radius 3 is 2.03 bits per heavy atom. The first kappa shape index (κ1) is 18.9. The van der Waals surface area contributed by atoms with Crippen molar-refractivity contribution in [3.05, 3.63) is 107 Å². The number of benzene rings is 3. The van der Waals surface area contributed by atoms with Crippen LogP contribution in [0.2, 0.25) is 0 Å². The van der Waals surface area contributed by atoms with Crippen LogP contribution >= 0.6 is 0 Å². The molecule has 2 nitrogen and oxygen atoms in total. The molecule has 1 aliphatic rings. The zero-order valence-electron chi connectivity index (χ0n) is 17.5. The van der Waals surface area contributed by atoms with Gasteiger partial charge in [0.2, 0.25) is 0 Å². The first-order chi connectivity index (χ1) is 14.1. The zero-order chi connectivity index (χ0) is 20.4. The van der Waals surface area contributed by atoms with E-state index in [-0.39, 0.29) is 0 Å². The van der Waals surface area contributed by atoms with Crippen LogP contribution in [0.5, 0.6) is 0 Å². The minimum absolute atomic E-state index is 0.991. The van der Waals surface area contributed by atoms with Gasteiger partial charge in [0, 0.05) is 26.8 Å². The first-order valence-corrected chi connectivity index (χ1v) is 9.92. The maximum atomic E-state index is 4.29. The molecule has 0 radical (unpaired) electrons. The van der Waals surface area contributed by atoms with Crippen molar-refractivity contribution in [2.24, 2.45) is 4.99 Å². The summed E-state index contributed by atoms with van der Waals surface area (Å²) in [4.78, 5) is 6.42. The topological polar surface area (TPSA) is 15.6 Å². The molecule has 2 heteroatoms. The minimum Gasteiger partial charge on any atom is -0.378 e. The van der Waals surface area contributed by atoms with Crippen molar-refractivity contribution >= 4 is 27.7 Å². The lowest BCUT2D eigenvalue weighted by molar-refractivity contribution is 1.13. The highest BCUT2D eigenvalue weighted by Crippen LogP contribution is 2.35. The molecule has 1 aliphatic carbocycles. The molecule has 0 amide bonds. The standard InChI is InChI=1S/C27H26N2/c1-19-9-18-26(25-8-6-5-7-24(19)25)27(20-10-14-22(28-2)15-11-20)21-12-16-23(17-13-21)29(3)4/h5-18H,1-4H3. The fourth-order valence-corrected chi connectivity index (χ4v) is 3.85. The molecule has 0 aliphatic heterocycles. The molecule has 0 heterocycles. The third-order valence-corrected chi connectivity index (χ3v) is 5.50. The summed E-state index contributed by atoms with van der Waals surface area (Å²) in [6.07, 6.45) is 8.51. The third-order valence-electron chi connectivity index (χ3n) is 5.50. The van der Waals surface area contributed by atoms with Crippen LogP contribution in [0.15, 0.2) is 95.5 Å². The van der Waals surface area contributed by atoms with Gasteiger partial charge in [0.1, 0.15) is 0 Å². The van der Waals surface area contributed by atoms with E-state index in [2.05, 4.69) is 116 Å². The van der Waals surface area contributed by atoms with E-state index in [0.717, 1.165) is 5.71 Å². The van der Waals surface area contributed by atoms with Crippen LogP contribution in [0.3, 0.4) is 0 Å². The van der Waals surface area contributed by atoms with Crippen LogP contribution in [-0.2, 0) is 0 Å². The molecule has 0 unspecified atom stereocenters. The van der Waals surface area contributed by atoms with Gasteiger partial charge < -0.3 is 4.90 Å². The molecule has 0 atom stereocenters. The van der Waals surface area contributed by atoms with Gasteiger partial charge >= 0.3 is 0 Å². The Morgan fingerprint density at radius 1 is 0.759 bits per heavy atom. The maximum Gasteiger partial charge on any atom is 0.0571 e. The SMILES string of the molecule is CN=C1C=CC(=C(c2ccc(N(C)C)cc2)c2ccc(C)c3ccccc23)C=C1. The number of hydrogen-bond donors (Lipinski definition) is 0. The number of anilines is 1. The summed E-state index contributed by atoms with van der Waals surface area (Å²) < 4.78 is 0. The average Bonchev–Trinajstić information content (AvgIpc) is 2.76. The fourth-order valence-electron chi connectivity index (χ4n) is 3.85. The van der Waals surface area contributed by atoms with Crippen LogP contribution in [0.4, 0.5) is 5.69 Å². The molecule has 0 fully saturated rings. The molecule has 0 aromatic heterocycles. The number of hydrogen-bond acceptors (Lipinski definition) is 2. The Labute approximate surface area is 173 Å². The summed E-state index contributed by atoms with van der Waals surface area (Å²) in [5.41, 5.74) is 8.40. The lowest BCUT2D eigenvalue weighted by Gasteiger charge is -2.18. The molecule has 3 aromatic rings. The number of nitrogens with zero attached hydrogens (tertiary/aromatic N) is 2. The van der Waals surface area contributed by atoms with Crippen LogP contribution in [-0.4, -0.2) is 26.9 Å². The van der Waals surface area contributed by atoms with Crippen molar-refractivity contribution in [3.63, 3.8) is 0 Å². The van der Waals surface area contributed by atoms with Crippen molar-refractivity contribution in [1.29, 1.82) is 0 Å². The zero-order valence-corrected chi connectivity index (χ0v) is 17.5. The van der Waals surface area contributed by atoms with E-state index in [1.165, 1.54) is 44.3 Å². The minimum atomic E-state index is 0.991. The van der Waals surface area contributed by atoms with E-state index in [1.54, 1.807) is 0 Å². The number of aliphatic imine (C=N–C) groups is 1. The van der Waals surface area contributed by atoms with E-state index < -0.39 is 0 Å². The smallest absolute Gasteiger partial charge is 0.0571 e.